The van der Waals surface area contributed by atoms with Gasteiger partial charge in [-0.05, 0) is 29.2 Å². The zero-order valence-corrected chi connectivity index (χ0v) is 18.9. The molecule has 1 aromatic carbocycles. The Bertz CT molecular complexity index is 1060. The molecule has 3 rings (SSSR count). The number of nitrogens with zero attached hydrogens (tertiary/aromatic N) is 2. The third-order valence-electron chi connectivity index (χ3n) is 5.05. The van der Waals surface area contributed by atoms with E-state index in [4.69, 9.17) is 0 Å². The van der Waals surface area contributed by atoms with Crippen molar-refractivity contribution in [2.45, 2.75) is 45.2 Å². The molecule has 1 aliphatic rings. The third-order valence-corrected chi connectivity index (χ3v) is 5.36. The fourth-order valence-electron chi connectivity index (χ4n) is 3.51. The van der Waals surface area contributed by atoms with Crippen molar-refractivity contribution in [1.29, 1.82) is 0 Å². The van der Waals surface area contributed by atoms with Crippen LogP contribution in [0.1, 0.15) is 61.2 Å². The Labute approximate surface area is 182 Å². The van der Waals surface area contributed by atoms with E-state index in [1.165, 1.54) is 15.4 Å². The second-order valence-electron chi connectivity index (χ2n) is 8.65. The topological polar surface area (TPSA) is 83.5 Å². The molecule has 0 bridgehead atoms. The highest BCUT2D eigenvalue weighted by Crippen LogP contribution is 2.37. The van der Waals surface area contributed by atoms with E-state index >= 15 is 0 Å². The average Bonchev–Trinajstić information content (AvgIpc) is 2.67. The molecule has 2 amide bonds. The smallest absolute Gasteiger partial charge is 0.284 e. The summed E-state index contributed by atoms with van der Waals surface area (Å²) in [5.74, 6) is -0.860. The minimum atomic E-state index is -3.25. The van der Waals surface area contributed by atoms with E-state index in [2.05, 4.69) is 20.8 Å². The monoisotopic (exact) mass is 446 g/mol. The van der Waals surface area contributed by atoms with Gasteiger partial charge in [0.25, 0.3) is 11.6 Å². The van der Waals surface area contributed by atoms with Gasteiger partial charge in [0.15, 0.2) is 0 Å². The number of hydrogen-bond donors (Lipinski definition) is 2. The zero-order chi connectivity index (χ0) is 23.0. The Balaban J connectivity index is 1.98. The predicted octanol–water partition coefficient (Wildman–Crippen LogP) is 4.42. The van der Waals surface area contributed by atoms with Gasteiger partial charge in [-0.25, -0.2) is 5.43 Å². The molecule has 0 saturated carbocycles. The normalized spacial score (nSPS) is 17.1. The van der Waals surface area contributed by atoms with E-state index in [1.54, 1.807) is 6.07 Å². The maximum Gasteiger partial charge on any atom is 0.284 e. The number of nitrogens with one attached hydrogen (secondary N) is 2. The summed E-state index contributed by atoms with van der Waals surface area (Å²) >= 11 is 0. The average molecular weight is 446 g/mol. The van der Waals surface area contributed by atoms with Gasteiger partial charge in [-0.15, -0.1) is 0 Å². The van der Waals surface area contributed by atoms with Crippen LogP contribution in [-0.4, -0.2) is 22.5 Å². The van der Waals surface area contributed by atoms with Crippen LogP contribution in [0.25, 0.3) is 0 Å². The largest absolute Gasteiger partial charge is 0.322 e. The van der Waals surface area contributed by atoms with E-state index in [0.29, 0.717) is 12.1 Å². The number of rotatable bonds is 4. The Morgan fingerprint density at radius 1 is 1.23 bits per heavy atom. The highest BCUT2D eigenvalue weighted by Gasteiger charge is 2.31. The van der Waals surface area contributed by atoms with Gasteiger partial charge < -0.3 is 5.32 Å². The molecular formula is C22H25F2N4O2P. The molecule has 0 saturated heterocycles. The van der Waals surface area contributed by atoms with E-state index < -0.39 is 17.1 Å². The Morgan fingerprint density at radius 2 is 1.94 bits per heavy atom. The van der Waals surface area contributed by atoms with Gasteiger partial charge in [0.1, 0.15) is 0 Å². The van der Waals surface area contributed by atoms with Crippen LogP contribution in [0.5, 0.6) is 0 Å². The fourth-order valence-corrected chi connectivity index (χ4v) is 3.76. The quantitative estimate of drug-likeness (QED) is 0.683. The number of carbonyl (C=O) groups is 2. The number of halogens is 2. The molecule has 2 heterocycles. The van der Waals surface area contributed by atoms with Crippen LogP contribution < -0.4 is 10.7 Å². The summed E-state index contributed by atoms with van der Waals surface area (Å²) in [5.41, 5.74) is 1.37. The van der Waals surface area contributed by atoms with Crippen molar-refractivity contribution >= 4 is 32.5 Å². The van der Waals surface area contributed by atoms with Crippen LogP contribution in [0.4, 0.5) is 14.5 Å². The fraction of sp³-hybridized carbons (Fsp3) is 0.364. The first-order chi connectivity index (χ1) is 14.4. The third kappa shape index (κ3) is 5.13. The van der Waals surface area contributed by atoms with Crippen molar-refractivity contribution in [3.05, 3.63) is 58.9 Å². The lowest BCUT2D eigenvalue weighted by Crippen LogP contribution is -2.33. The van der Waals surface area contributed by atoms with Crippen LogP contribution in [0.2, 0.25) is 0 Å². The number of hydrogen-bond acceptors (Lipinski definition) is 4. The van der Waals surface area contributed by atoms with Crippen molar-refractivity contribution in [1.82, 2.24) is 10.4 Å². The highest BCUT2D eigenvalue weighted by molar-refractivity contribution is 7.17. The second-order valence-corrected chi connectivity index (χ2v) is 9.37. The summed E-state index contributed by atoms with van der Waals surface area (Å²) in [6.45, 7) is 8.01. The molecule has 2 N–H and O–H groups in total. The van der Waals surface area contributed by atoms with Crippen LogP contribution in [0.15, 0.2) is 41.8 Å². The summed E-state index contributed by atoms with van der Waals surface area (Å²) < 4.78 is 27.7. The van der Waals surface area contributed by atoms with Crippen LogP contribution >= 0.6 is 9.24 Å². The molecule has 1 aromatic heterocycles. The van der Waals surface area contributed by atoms with E-state index in [0.717, 1.165) is 29.1 Å². The molecule has 1 aliphatic heterocycles. The molecule has 2 unspecified atom stereocenters. The zero-order valence-electron chi connectivity index (χ0n) is 17.8. The SMILES string of the molecule is CC1CC(=O)NN=C1c1ccc(NC(=O)c2cnccc2C(F)(F)P)cc1C(C)(C)C. The molecule has 6 nitrogen and oxygen atoms in total. The summed E-state index contributed by atoms with van der Waals surface area (Å²) in [6, 6.07) is 6.47. The summed E-state index contributed by atoms with van der Waals surface area (Å²) in [4.78, 5) is 28.2. The van der Waals surface area contributed by atoms with Gasteiger partial charge in [-0.1, -0.05) is 43.0 Å². The summed E-state index contributed by atoms with van der Waals surface area (Å²) in [6.07, 6.45) is 2.69. The van der Waals surface area contributed by atoms with Gasteiger partial charge in [0.05, 0.1) is 11.3 Å². The lowest BCUT2D eigenvalue weighted by molar-refractivity contribution is -0.121. The maximum atomic E-state index is 13.9. The Hall–Kier alpha value is -2.73. The van der Waals surface area contributed by atoms with E-state index in [-0.39, 0.29) is 22.8 Å². The van der Waals surface area contributed by atoms with Gasteiger partial charge >= 0.3 is 0 Å². The summed E-state index contributed by atoms with van der Waals surface area (Å²) in [7, 11) is 1.44. The molecule has 2 aromatic rings. The van der Waals surface area contributed by atoms with Gasteiger partial charge in [0.2, 0.25) is 5.91 Å². The molecule has 0 spiro atoms. The number of alkyl halides is 2. The van der Waals surface area contributed by atoms with Gasteiger partial charge in [-0.3, -0.25) is 14.6 Å². The van der Waals surface area contributed by atoms with Crippen molar-refractivity contribution in [2.75, 3.05) is 5.32 Å². The van der Waals surface area contributed by atoms with E-state index in [9.17, 15) is 18.4 Å². The molecule has 164 valence electrons. The van der Waals surface area contributed by atoms with Crippen molar-refractivity contribution < 1.29 is 18.4 Å². The number of benzene rings is 1. The lowest BCUT2D eigenvalue weighted by atomic mass is 9.79. The number of hydrazone groups is 1. The van der Waals surface area contributed by atoms with Crippen LogP contribution in [0, 0.1) is 5.92 Å². The number of pyridine rings is 1. The lowest BCUT2D eigenvalue weighted by Gasteiger charge is -2.27. The van der Waals surface area contributed by atoms with Crippen molar-refractivity contribution in [3.8, 4) is 0 Å². The Morgan fingerprint density at radius 3 is 2.55 bits per heavy atom. The number of carbonyl (C=O) groups excluding carboxylic acids is 2. The first-order valence-corrected chi connectivity index (χ1v) is 10.4. The van der Waals surface area contributed by atoms with Crippen LogP contribution in [0.3, 0.4) is 0 Å². The number of aromatic nitrogens is 1. The molecule has 0 radical (unpaired) electrons. The first kappa shape index (κ1) is 22.9. The Kier molecular flexibility index (Phi) is 6.23. The summed E-state index contributed by atoms with van der Waals surface area (Å²) in [5, 5.41) is 6.95. The molecule has 31 heavy (non-hydrogen) atoms. The molecule has 0 fully saturated rings. The highest BCUT2D eigenvalue weighted by atomic mass is 31.0. The van der Waals surface area contributed by atoms with Crippen molar-refractivity contribution in [2.24, 2.45) is 11.0 Å². The minimum Gasteiger partial charge on any atom is -0.322 e. The molecular weight excluding hydrogens is 421 g/mol. The standard InChI is InChI=1S/C22H25F2N4O2P/c1-12-9-18(29)27-28-19(12)14-6-5-13(10-17(14)21(2,3)4)26-20(30)15-11-25-8-7-16(15)22(23,24)31/h5-8,10-12H,9,31H2,1-4H3,(H,26,30)(H,27,29). The second kappa shape index (κ2) is 8.42. The maximum absolute atomic E-state index is 13.9. The van der Waals surface area contributed by atoms with Crippen molar-refractivity contribution in [3.63, 3.8) is 0 Å². The minimum absolute atomic E-state index is 0.0578. The number of amides is 2. The van der Waals surface area contributed by atoms with Gasteiger partial charge in [-0.2, -0.15) is 13.9 Å². The van der Waals surface area contributed by atoms with Crippen LogP contribution in [-0.2, 0) is 15.9 Å². The number of anilines is 1. The molecule has 0 aliphatic carbocycles. The molecule has 9 heteroatoms. The van der Waals surface area contributed by atoms with E-state index in [1.807, 2.05) is 39.8 Å². The predicted molar refractivity (Wildman–Crippen MR) is 119 cm³/mol. The van der Waals surface area contributed by atoms with Gasteiger partial charge in [0, 0.05) is 41.5 Å². The first-order valence-electron chi connectivity index (χ1n) is 9.82. The molecule has 2 atom stereocenters.